The second-order valence-electron chi connectivity index (χ2n) is 9.53. The number of fused-ring (bicyclic) bond motifs is 1. The Kier molecular flexibility index (Phi) is 6.16. The number of rotatable bonds is 4. The van der Waals surface area contributed by atoms with Crippen LogP contribution in [0.2, 0.25) is 0 Å². The first kappa shape index (κ1) is 23.0. The van der Waals surface area contributed by atoms with E-state index in [0.29, 0.717) is 24.4 Å². The number of anilines is 1. The Morgan fingerprint density at radius 3 is 2.21 bits per heavy atom. The summed E-state index contributed by atoms with van der Waals surface area (Å²) in [4.78, 5) is 12.7. The fraction of sp³-hybridized carbons (Fsp3) is 0.407. The lowest BCUT2D eigenvalue weighted by Gasteiger charge is -2.34. The van der Waals surface area contributed by atoms with E-state index in [0.717, 1.165) is 71.1 Å². The molecule has 0 unspecified atom stereocenters. The van der Waals surface area contributed by atoms with Gasteiger partial charge in [-0.3, -0.25) is 0 Å². The van der Waals surface area contributed by atoms with Gasteiger partial charge in [-0.2, -0.15) is 4.31 Å². The standard InChI is InChI=1S/C27H32N4O2S/c1-19-16-20(2)25(21(3)17-19)34(32,33)31-15-12-24-23(18-31)27(30-13-8-5-9-14-30)29-26(28-24)22-10-6-4-7-11-22/h4,6-7,10-11,16-17H,5,8-9,12-15,18H2,1-3H3. The molecule has 2 aromatic carbocycles. The zero-order valence-electron chi connectivity index (χ0n) is 20.2. The van der Waals surface area contributed by atoms with E-state index >= 15 is 0 Å². The molecule has 1 fully saturated rings. The monoisotopic (exact) mass is 476 g/mol. The van der Waals surface area contributed by atoms with Crippen molar-refractivity contribution in [3.05, 3.63) is 70.4 Å². The number of piperidine rings is 1. The maximum atomic E-state index is 13.8. The van der Waals surface area contributed by atoms with Gasteiger partial charge in [0.25, 0.3) is 0 Å². The number of hydrogen-bond donors (Lipinski definition) is 0. The average molecular weight is 477 g/mol. The lowest BCUT2D eigenvalue weighted by Crippen LogP contribution is -2.39. The minimum atomic E-state index is -3.63. The molecule has 0 bridgehead atoms. The van der Waals surface area contributed by atoms with E-state index in [1.807, 2.05) is 63.2 Å². The molecule has 3 aromatic rings. The summed E-state index contributed by atoms with van der Waals surface area (Å²) in [6.45, 7) is 8.40. The van der Waals surface area contributed by atoms with Crippen LogP contribution in [0.3, 0.4) is 0 Å². The smallest absolute Gasteiger partial charge is 0.243 e. The second kappa shape index (κ2) is 9.12. The minimum Gasteiger partial charge on any atom is -0.356 e. The molecule has 0 saturated carbocycles. The molecule has 0 amide bonds. The quantitative estimate of drug-likeness (QED) is 0.541. The molecule has 2 aliphatic rings. The van der Waals surface area contributed by atoms with Crippen LogP contribution in [0.1, 0.15) is 47.2 Å². The SMILES string of the molecule is Cc1cc(C)c(S(=O)(=O)N2CCc3nc(-c4ccccc4)nc(N4CCCCC4)c3C2)c(C)c1. The predicted molar refractivity (Wildman–Crippen MR) is 135 cm³/mol. The van der Waals surface area contributed by atoms with Crippen LogP contribution >= 0.6 is 0 Å². The highest BCUT2D eigenvalue weighted by molar-refractivity contribution is 7.89. The molecular formula is C27H32N4O2S. The molecule has 178 valence electrons. The molecule has 0 N–H and O–H groups in total. The van der Waals surface area contributed by atoms with Crippen LogP contribution in [0, 0.1) is 20.8 Å². The Balaban J connectivity index is 1.57. The molecule has 34 heavy (non-hydrogen) atoms. The number of sulfonamides is 1. The van der Waals surface area contributed by atoms with Gasteiger partial charge in [-0.1, -0.05) is 48.0 Å². The van der Waals surface area contributed by atoms with Crippen LogP contribution < -0.4 is 4.90 Å². The highest BCUT2D eigenvalue weighted by Crippen LogP contribution is 2.34. The van der Waals surface area contributed by atoms with Gasteiger partial charge in [-0.05, 0) is 51.2 Å². The summed E-state index contributed by atoms with van der Waals surface area (Å²) in [5.41, 5.74) is 5.60. The van der Waals surface area contributed by atoms with Crippen molar-refractivity contribution in [3.63, 3.8) is 0 Å². The summed E-state index contributed by atoms with van der Waals surface area (Å²) in [5.74, 6) is 1.63. The zero-order chi connectivity index (χ0) is 23.9. The Labute approximate surface area is 202 Å². The van der Waals surface area contributed by atoms with Crippen LogP contribution in [0.5, 0.6) is 0 Å². The number of aryl methyl sites for hydroxylation is 3. The highest BCUT2D eigenvalue weighted by Gasteiger charge is 2.34. The van der Waals surface area contributed by atoms with Crippen molar-refractivity contribution in [2.45, 2.75) is 57.9 Å². The van der Waals surface area contributed by atoms with E-state index in [4.69, 9.17) is 9.97 Å². The van der Waals surface area contributed by atoms with Crippen molar-refractivity contribution in [1.29, 1.82) is 0 Å². The molecular weight excluding hydrogens is 444 g/mol. The van der Waals surface area contributed by atoms with E-state index in [2.05, 4.69) is 4.90 Å². The van der Waals surface area contributed by atoms with Gasteiger partial charge in [0, 0.05) is 43.7 Å². The fourth-order valence-electron chi connectivity index (χ4n) is 5.36. The van der Waals surface area contributed by atoms with Gasteiger partial charge >= 0.3 is 0 Å². The summed E-state index contributed by atoms with van der Waals surface area (Å²) in [7, 11) is -3.63. The summed E-state index contributed by atoms with van der Waals surface area (Å²) in [6, 6.07) is 14.0. The Morgan fingerprint density at radius 1 is 0.853 bits per heavy atom. The van der Waals surface area contributed by atoms with E-state index in [9.17, 15) is 8.42 Å². The first-order chi connectivity index (χ1) is 16.3. The maximum absolute atomic E-state index is 13.8. The van der Waals surface area contributed by atoms with Crippen LogP contribution in [-0.2, 0) is 23.0 Å². The van der Waals surface area contributed by atoms with E-state index in [1.54, 1.807) is 4.31 Å². The summed E-state index contributed by atoms with van der Waals surface area (Å²) in [6.07, 6.45) is 4.07. The maximum Gasteiger partial charge on any atom is 0.243 e. The number of hydrogen-bond acceptors (Lipinski definition) is 5. The van der Waals surface area contributed by atoms with E-state index in [1.165, 1.54) is 6.42 Å². The first-order valence-electron chi connectivity index (χ1n) is 12.1. The Bertz CT molecular complexity index is 1290. The van der Waals surface area contributed by atoms with Gasteiger partial charge in [0.15, 0.2) is 5.82 Å². The normalized spacial score (nSPS) is 17.0. The predicted octanol–water partition coefficient (Wildman–Crippen LogP) is 4.81. The average Bonchev–Trinajstić information content (AvgIpc) is 2.83. The van der Waals surface area contributed by atoms with Gasteiger partial charge < -0.3 is 4.90 Å². The molecule has 2 aliphatic heterocycles. The van der Waals surface area contributed by atoms with Gasteiger partial charge in [0.05, 0.1) is 10.6 Å². The third kappa shape index (κ3) is 4.23. The third-order valence-corrected chi connectivity index (χ3v) is 9.04. The Hall–Kier alpha value is -2.77. The van der Waals surface area contributed by atoms with Gasteiger partial charge in [0.2, 0.25) is 10.0 Å². The molecule has 0 spiro atoms. The molecule has 7 heteroatoms. The minimum absolute atomic E-state index is 0.311. The molecule has 1 aromatic heterocycles. The van der Waals surface area contributed by atoms with Crippen molar-refractivity contribution >= 4 is 15.8 Å². The topological polar surface area (TPSA) is 66.4 Å². The Morgan fingerprint density at radius 2 is 1.53 bits per heavy atom. The molecule has 0 aliphatic carbocycles. The lowest BCUT2D eigenvalue weighted by molar-refractivity contribution is 0.386. The zero-order valence-corrected chi connectivity index (χ0v) is 21.0. The third-order valence-electron chi connectivity index (χ3n) is 6.89. The van der Waals surface area contributed by atoms with Gasteiger partial charge in [-0.15, -0.1) is 0 Å². The molecule has 0 atom stereocenters. The van der Waals surface area contributed by atoms with Crippen LogP contribution in [-0.4, -0.2) is 42.3 Å². The van der Waals surface area contributed by atoms with Gasteiger partial charge in [0.1, 0.15) is 5.82 Å². The summed E-state index contributed by atoms with van der Waals surface area (Å²) < 4.78 is 29.2. The summed E-state index contributed by atoms with van der Waals surface area (Å²) >= 11 is 0. The van der Waals surface area contributed by atoms with Crippen molar-refractivity contribution in [3.8, 4) is 11.4 Å². The molecule has 1 saturated heterocycles. The highest BCUT2D eigenvalue weighted by atomic mass is 32.2. The number of benzene rings is 2. The van der Waals surface area contributed by atoms with Crippen molar-refractivity contribution in [1.82, 2.24) is 14.3 Å². The molecule has 6 nitrogen and oxygen atoms in total. The van der Waals surface area contributed by atoms with E-state index < -0.39 is 10.0 Å². The van der Waals surface area contributed by atoms with Crippen LogP contribution in [0.25, 0.3) is 11.4 Å². The van der Waals surface area contributed by atoms with Crippen molar-refractivity contribution in [2.24, 2.45) is 0 Å². The molecule has 3 heterocycles. The number of aromatic nitrogens is 2. The second-order valence-corrected chi connectivity index (χ2v) is 11.4. The van der Waals surface area contributed by atoms with Crippen LogP contribution in [0.15, 0.2) is 47.4 Å². The fourth-order valence-corrected chi connectivity index (χ4v) is 7.18. The van der Waals surface area contributed by atoms with E-state index in [-0.39, 0.29) is 0 Å². The number of nitrogens with zero attached hydrogens (tertiary/aromatic N) is 4. The summed E-state index contributed by atoms with van der Waals surface area (Å²) in [5, 5.41) is 0. The molecule has 0 radical (unpaired) electrons. The van der Waals surface area contributed by atoms with Crippen molar-refractivity contribution in [2.75, 3.05) is 24.5 Å². The van der Waals surface area contributed by atoms with Crippen LogP contribution in [0.4, 0.5) is 5.82 Å². The molecule has 5 rings (SSSR count). The van der Waals surface area contributed by atoms with Gasteiger partial charge in [-0.25, -0.2) is 18.4 Å². The van der Waals surface area contributed by atoms with Crippen molar-refractivity contribution < 1.29 is 8.42 Å². The lowest BCUT2D eigenvalue weighted by atomic mass is 10.0. The largest absolute Gasteiger partial charge is 0.356 e. The first-order valence-corrected chi connectivity index (χ1v) is 13.6.